The van der Waals surface area contributed by atoms with Crippen molar-refractivity contribution in [2.45, 2.75) is 53.4 Å². The lowest BCUT2D eigenvalue weighted by Crippen LogP contribution is -3.00. The van der Waals surface area contributed by atoms with Crippen LogP contribution in [0.4, 0.5) is 0 Å². The van der Waals surface area contributed by atoms with Crippen molar-refractivity contribution in [1.82, 2.24) is 0 Å². The van der Waals surface area contributed by atoms with Crippen LogP contribution in [0.15, 0.2) is 48.0 Å². The predicted octanol–water partition coefficient (Wildman–Crippen LogP) is 3.56. The van der Waals surface area contributed by atoms with Crippen LogP contribution in [0.1, 0.15) is 61.2 Å². The van der Waals surface area contributed by atoms with Gasteiger partial charge in [-0.2, -0.15) is 4.57 Å². The second-order valence-corrected chi connectivity index (χ2v) is 8.44. The first-order valence-electron chi connectivity index (χ1n) is 9.10. The molecule has 0 radical (unpaired) electrons. The average molecular weight is 386 g/mol. The molecule has 0 N–H and O–H groups in total. The molecule has 0 amide bonds. The molecule has 3 aromatic rings. The topological polar surface area (TPSA) is 3.88 Å². The van der Waals surface area contributed by atoms with Crippen molar-refractivity contribution < 1.29 is 17.0 Å². The SMILES string of the molecule is Cc1sc[n+](-c2c(C(C)C)ccc(C(C)C)c2-c2ccccc2)c1C.[Cl-]. The highest BCUT2D eigenvalue weighted by atomic mass is 35.5. The first-order valence-corrected chi connectivity index (χ1v) is 9.98. The Morgan fingerprint density at radius 2 is 1.38 bits per heavy atom. The normalized spacial score (nSPS) is 11.1. The molecule has 3 rings (SSSR count). The van der Waals surface area contributed by atoms with Gasteiger partial charge in [-0.25, -0.2) is 0 Å². The number of hydrogen-bond acceptors (Lipinski definition) is 1. The van der Waals surface area contributed by atoms with Crippen LogP contribution in [0.3, 0.4) is 0 Å². The summed E-state index contributed by atoms with van der Waals surface area (Å²) in [7, 11) is 0. The van der Waals surface area contributed by atoms with Crippen LogP contribution in [0, 0.1) is 13.8 Å². The maximum absolute atomic E-state index is 2.41. The third kappa shape index (κ3) is 3.72. The lowest BCUT2D eigenvalue weighted by Gasteiger charge is -2.19. The molecule has 0 spiro atoms. The second kappa shape index (κ2) is 8.37. The van der Waals surface area contributed by atoms with E-state index in [1.165, 1.54) is 38.5 Å². The van der Waals surface area contributed by atoms with Gasteiger partial charge in [-0.05, 0) is 29.9 Å². The van der Waals surface area contributed by atoms with Crippen LogP contribution < -0.4 is 17.0 Å². The van der Waals surface area contributed by atoms with Crippen molar-refractivity contribution in [3.8, 4) is 16.8 Å². The Kier molecular flexibility index (Phi) is 6.65. The van der Waals surface area contributed by atoms with E-state index in [2.05, 4.69) is 94.1 Å². The lowest BCUT2D eigenvalue weighted by molar-refractivity contribution is -0.597. The zero-order valence-corrected chi connectivity index (χ0v) is 18.1. The number of halogens is 1. The quantitative estimate of drug-likeness (QED) is 0.604. The minimum atomic E-state index is 0. The molecule has 0 bridgehead atoms. The van der Waals surface area contributed by atoms with E-state index in [9.17, 15) is 0 Å². The number of aromatic nitrogens is 1. The molecule has 0 unspecified atom stereocenters. The lowest BCUT2D eigenvalue weighted by atomic mass is 9.86. The zero-order valence-electron chi connectivity index (χ0n) is 16.5. The van der Waals surface area contributed by atoms with E-state index in [0.29, 0.717) is 11.8 Å². The highest BCUT2D eigenvalue weighted by molar-refractivity contribution is 7.09. The summed E-state index contributed by atoms with van der Waals surface area (Å²) in [5.74, 6) is 0.960. The molecule has 26 heavy (non-hydrogen) atoms. The summed E-state index contributed by atoms with van der Waals surface area (Å²) >= 11 is 1.83. The minimum absolute atomic E-state index is 0. The van der Waals surface area contributed by atoms with Gasteiger partial charge in [-0.15, -0.1) is 0 Å². The van der Waals surface area contributed by atoms with Gasteiger partial charge in [-0.3, -0.25) is 0 Å². The first-order chi connectivity index (χ1) is 11.9. The Labute approximate surface area is 168 Å². The maximum Gasteiger partial charge on any atom is 0.231 e. The Morgan fingerprint density at radius 3 is 1.88 bits per heavy atom. The molecule has 1 aromatic heterocycles. The van der Waals surface area contributed by atoms with Crippen LogP contribution in [0.5, 0.6) is 0 Å². The van der Waals surface area contributed by atoms with Crippen LogP contribution in [-0.4, -0.2) is 0 Å². The molecular formula is C23H28ClNS. The maximum atomic E-state index is 2.41. The fourth-order valence-corrected chi connectivity index (χ4v) is 4.22. The molecule has 138 valence electrons. The van der Waals surface area contributed by atoms with Crippen LogP contribution in [0.2, 0.25) is 0 Å². The number of rotatable bonds is 4. The summed E-state index contributed by atoms with van der Waals surface area (Å²) in [5.41, 5.74) is 10.5. The smallest absolute Gasteiger partial charge is 0.231 e. The Morgan fingerprint density at radius 1 is 0.808 bits per heavy atom. The third-order valence-electron chi connectivity index (χ3n) is 4.99. The fourth-order valence-electron chi connectivity index (χ4n) is 3.42. The van der Waals surface area contributed by atoms with E-state index in [-0.39, 0.29) is 12.4 Å². The van der Waals surface area contributed by atoms with Gasteiger partial charge < -0.3 is 12.4 Å². The molecule has 0 fully saturated rings. The number of nitrogens with zero attached hydrogens (tertiary/aromatic N) is 1. The molecule has 0 aliphatic heterocycles. The van der Waals surface area contributed by atoms with Gasteiger partial charge in [0, 0.05) is 12.5 Å². The van der Waals surface area contributed by atoms with E-state index in [1.807, 2.05) is 11.3 Å². The molecule has 2 aromatic carbocycles. The molecule has 0 atom stereocenters. The largest absolute Gasteiger partial charge is 1.00 e. The van der Waals surface area contributed by atoms with Gasteiger partial charge in [0.05, 0.1) is 10.4 Å². The molecule has 0 aliphatic rings. The summed E-state index contributed by atoms with van der Waals surface area (Å²) < 4.78 is 2.41. The Balaban J connectivity index is 0.00000243. The molecular weight excluding hydrogens is 358 g/mol. The van der Waals surface area contributed by atoms with Crippen LogP contribution in [0.25, 0.3) is 16.8 Å². The molecule has 1 heterocycles. The summed E-state index contributed by atoms with van der Waals surface area (Å²) in [6.45, 7) is 13.6. The van der Waals surface area contributed by atoms with Crippen molar-refractivity contribution in [3.63, 3.8) is 0 Å². The van der Waals surface area contributed by atoms with Crippen molar-refractivity contribution >= 4 is 11.3 Å². The summed E-state index contributed by atoms with van der Waals surface area (Å²) in [4.78, 5) is 1.38. The molecule has 3 heteroatoms. The monoisotopic (exact) mass is 385 g/mol. The predicted molar refractivity (Wildman–Crippen MR) is 109 cm³/mol. The highest BCUT2D eigenvalue weighted by Crippen LogP contribution is 2.37. The zero-order chi connectivity index (χ0) is 18.1. The summed E-state index contributed by atoms with van der Waals surface area (Å²) in [6.07, 6.45) is 0. The van der Waals surface area contributed by atoms with Crippen molar-refractivity contribution in [2.75, 3.05) is 0 Å². The summed E-state index contributed by atoms with van der Waals surface area (Å²) in [5, 5.41) is 0. The number of thiazole rings is 1. The van der Waals surface area contributed by atoms with Gasteiger partial charge in [-0.1, -0.05) is 81.5 Å². The Bertz CT molecular complexity index is 879. The van der Waals surface area contributed by atoms with Gasteiger partial charge in [0.25, 0.3) is 0 Å². The Hall–Kier alpha value is -1.64. The molecule has 1 nitrogen and oxygen atoms in total. The number of benzene rings is 2. The molecule has 0 aliphatic carbocycles. The van der Waals surface area contributed by atoms with Gasteiger partial charge in [0.1, 0.15) is 0 Å². The van der Waals surface area contributed by atoms with Crippen molar-refractivity contribution in [1.29, 1.82) is 0 Å². The van der Waals surface area contributed by atoms with E-state index >= 15 is 0 Å². The fraction of sp³-hybridized carbons (Fsp3) is 0.348. The second-order valence-electron chi connectivity index (χ2n) is 7.38. The summed E-state index contributed by atoms with van der Waals surface area (Å²) in [6, 6.07) is 15.5. The van der Waals surface area contributed by atoms with E-state index < -0.39 is 0 Å². The highest BCUT2D eigenvalue weighted by Gasteiger charge is 2.28. The van der Waals surface area contributed by atoms with Gasteiger partial charge >= 0.3 is 0 Å². The average Bonchev–Trinajstić information content (AvgIpc) is 2.93. The first kappa shape index (κ1) is 20.7. The van der Waals surface area contributed by atoms with E-state index in [0.717, 1.165) is 0 Å². The van der Waals surface area contributed by atoms with Gasteiger partial charge in [0.2, 0.25) is 11.2 Å². The number of hydrogen-bond donors (Lipinski definition) is 0. The van der Waals surface area contributed by atoms with Crippen molar-refractivity contribution in [3.05, 3.63) is 69.7 Å². The minimum Gasteiger partial charge on any atom is -1.00 e. The van der Waals surface area contributed by atoms with Crippen molar-refractivity contribution in [2.24, 2.45) is 0 Å². The molecule has 0 saturated heterocycles. The van der Waals surface area contributed by atoms with Crippen LogP contribution >= 0.6 is 11.3 Å². The third-order valence-corrected chi connectivity index (χ3v) is 5.96. The van der Waals surface area contributed by atoms with E-state index in [1.54, 1.807) is 0 Å². The van der Waals surface area contributed by atoms with Gasteiger partial charge in [0.15, 0.2) is 5.69 Å². The standard InChI is InChI=1S/C23H28NS.ClH/c1-15(2)20-12-13-21(16(3)4)23(24-14-25-18(6)17(24)5)22(20)19-10-8-7-9-11-19;/h7-16H,1-6H3;1H/q+1;/p-1. The van der Waals surface area contributed by atoms with E-state index in [4.69, 9.17) is 0 Å². The molecule has 0 saturated carbocycles. The number of aryl methyl sites for hydroxylation is 1. The van der Waals surface area contributed by atoms with Crippen LogP contribution in [-0.2, 0) is 0 Å².